The summed E-state index contributed by atoms with van der Waals surface area (Å²) in [5.41, 5.74) is 8.62. The first-order chi connectivity index (χ1) is 9.19. The zero-order valence-corrected chi connectivity index (χ0v) is 12.4. The molecule has 0 bridgehead atoms. The third-order valence-electron chi connectivity index (χ3n) is 4.57. The summed E-state index contributed by atoms with van der Waals surface area (Å²) in [7, 11) is 2.25. The van der Waals surface area contributed by atoms with Crippen LogP contribution in [0.25, 0.3) is 0 Å². The number of nitrogens with two attached hydrogens (primary N) is 1. The molecule has 2 rings (SSSR count). The van der Waals surface area contributed by atoms with Crippen molar-refractivity contribution >= 4 is 0 Å². The molecule has 0 amide bonds. The van der Waals surface area contributed by atoms with Crippen LogP contribution in [0.4, 0.5) is 0 Å². The van der Waals surface area contributed by atoms with E-state index in [2.05, 4.69) is 43.1 Å². The first-order valence-electron chi connectivity index (χ1n) is 7.62. The highest BCUT2D eigenvalue weighted by Crippen LogP contribution is 2.28. The lowest BCUT2D eigenvalue weighted by Crippen LogP contribution is -2.30. The van der Waals surface area contributed by atoms with Crippen LogP contribution in [0.1, 0.15) is 36.8 Å². The standard InChI is InChI=1S/C17H28N2/c1-14-5-3-4-6-17(14)13-19(2)12-16-9-7-15(11-18)8-10-16/h3-6,15-16H,7-13,18H2,1-2H3. The summed E-state index contributed by atoms with van der Waals surface area (Å²) in [6.07, 6.45) is 5.39. The van der Waals surface area contributed by atoms with Gasteiger partial charge in [0.2, 0.25) is 0 Å². The summed E-state index contributed by atoms with van der Waals surface area (Å²) >= 11 is 0. The third kappa shape index (κ3) is 4.32. The molecule has 2 N–H and O–H groups in total. The van der Waals surface area contributed by atoms with Gasteiger partial charge in [0.15, 0.2) is 0 Å². The Morgan fingerprint density at radius 1 is 1.11 bits per heavy atom. The molecule has 19 heavy (non-hydrogen) atoms. The van der Waals surface area contributed by atoms with E-state index in [1.165, 1.54) is 43.4 Å². The second-order valence-electron chi connectivity index (χ2n) is 6.25. The van der Waals surface area contributed by atoms with Crippen molar-refractivity contribution in [2.75, 3.05) is 20.1 Å². The molecule has 106 valence electrons. The molecule has 0 unspecified atom stereocenters. The largest absolute Gasteiger partial charge is 0.330 e. The van der Waals surface area contributed by atoms with Crippen LogP contribution in [-0.2, 0) is 6.54 Å². The van der Waals surface area contributed by atoms with Crippen molar-refractivity contribution in [1.29, 1.82) is 0 Å². The van der Waals surface area contributed by atoms with Crippen molar-refractivity contribution in [3.05, 3.63) is 35.4 Å². The fraction of sp³-hybridized carbons (Fsp3) is 0.647. The average molecular weight is 260 g/mol. The lowest BCUT2D eigenvalue weighted by Gasteiger charge is -2.31. The number of hydrogen-bond acceptors (Lipinski definition) is 2. The van der Waals surface area contributed by atoms with Crippen LogP contribution >= 0.6 is 0 Å². The number of aryl methyl sites for hydroxylation is 1. The van der Waals surface area contributed by atoms with E-state index in [0.717, 1.165) is 24.9 Å². The van der Waals surface area contributed by atoms with E-state index in [1.807, 2.05) is 0 Å². The molecule has 0 saturated heterocycles. The van der Waals surface area contributed by atoms with Gasteiger partial charge in [-0.2, -0.15) is 0 Å². The van der Waals surface area contributed by atoms with E-state index in [1.54, 1.807) is 0 Å². The van der Waals surface area contributed by atoms with Crippen LogP contribution in [0.2, 0.25) is 0 Å². The van der Waals surface area contributed by atoms with Crippen LogP contribution in [-0.4, -0.2) is 25.0 Å². The van der Waals surface area contributed by atoms with Gasteiger partial charge >= 0.3 is 0 Å². The van der Waals surface area contributed by atoms with Crippen molar-refractivity contribution in [2.24, 2.45) is 17.6 Å². The molecule has 0 heterocycles. The molecule has 0 aliphatic heterocycles. The Kier molecular flexibility index (Phi) is 5.41. The Balaban J connectivity index is 1.79. The summed E-state index contributed by atoms with van der Waals surface area (Å²) in [4.78, 5) is 2.48. The lowest BCUT2D eigenvalue weighted by molar-refractivity contribution is 0.201. The normalized spacial score (nSPS) is 23.8. The zero-order chi connectivity index (χ0) is 13.7. The quantitative estimate of drug-likeness (QED) is 0.881. The second kappa shape index (κ2) is 7.06. The van der Waals surface area contributed by atoms with Crippen molar-refractivity contribution in [3.8, 4) is 0 Å². The summed E-state index contributed by atoms with van der Waals surface area (Å²) in [5, 5.41) is 0. The molecule has 1 aromatic rings. The Morgan fingerprint density at radius 2 is 1.74 bits per heavy atom. The Hall–Kier alpha value is -0.860. The Labute approximate surface area is 118 Å². The molecular weight excluding hydrogens is 232 g/mol. The monoisotopic (exact) mass is 260 g/mol. The molecule has 1 aromatic carbocycles. The highest BCUT2D eigenvalue weighted by molar-refractivity contribution is 5.25. The van der Waals surface area contributed by atoms with Gasteiger partial charge in [0.1, 0.15) is 0 Å². The molecule has 1 aliphatic rings. The molecule has 0 spiro atoms. The van der Waals surface area contributed by atoms with Gasteiger partial charge in [-0.05, 0) is 69.2 Å². The van der Waals surface area contributed by atoms with Crippen molar-refractivity contribution in [3.63, 3.8) is 0 Å². The van der Waals surface area contributed by atoms with Gasteiger partial charge in [-0.1, -0.05) is 24.3 Å². The molecule has 0 atom stereocenters. The van der Waals surface area contributed by atoms with Gasteiger partial charge in [-0.25, -0.2) is 0 Å². The first kappa shape index (κ1) is 14.5. The first-order valence-corrected chi connectivity index (χ1v) is 7.62. The number of hydrogen-bond donors (Lipinski definition) is 1. The molecule has 0 aromatic heterocycles. The zero-order valence-electron chi connectivity index (χ0n) is 12.4. The maximum atomic E-state index is 5.76. The van der Waals surface area contributed by atoms with E-state index in [0.29, 0.717) is 0 Å². The molecule has 1 aliphatic carbocycles. The summed E-state index contributed by atoms with van der Waals surface area (Å²) in [6.45, 7) is 5.39. The van der Waals surface area contributed by atoms with Gasteiger partial charge in [-0.3, -0.25) is 0 Å². The van der Waals surface area contributed by atoms with Crippen LogP contribution in [0.5, 0.6) is 0 Å². The minimum Gasteiger partial charge on any atom is -0.330 e. The van der Waals surface area contributed by atoms with E-state index in [9.17, 15) is 0 Å². The maximum Gasteiger partial charge on any atom is 0.0233 e. The fourth-order valence-electron chi connectivity index (χ4n) is 3.23. The van der Waals surface area contributed by atoms with E-state index in [-0.39, 0.29) is 0 Å². The van der Waals surface area contributed by atoms with E-state index >= 15 is 0 Å². The Bertz CT molecular complexity index is 381. The minimum atomic E-state index is 0.790. The SMILES string of the molecule is Cc1ccccc1CN(C)CC1CCC(CN)CC1. The van der Waals surface area contributed by atoms with Gasteiger partial charge in [0.25, 0.3) is 0 Å². The number of rotatable bonds is 5. The molecular formula is C17H28N2. The molecule has 0 radical (unpaired) electrons. The van der Waals surface area contributed by atoms with E-state index < -0.39 is 0 Å². The number of nitrogens with zero attached hydrogens (tertiary/aromatic N) is 1. The lowest BCUT2D eigenvalue weighted by atomic mass is 9.82. The van der Waals surface area contributed by atoms with E-state index in [4.69, 9.17) is 5.73 Å². The summed E-state index contributed by atoms with van der Waals surface area (Å²) in [5.74, 6) is 1.66. The predicted molar refractivity (Wildman–Crippen MR) is 82.0 cm³/mol. The van der Waals surface area contributed by atoms with Crippen LogP contribution in [0.3, 0.4) is 0 Å². The van der Waals surface area contributed by atoms with Crippen LogP contribution < -0.4 is 5.73 Å². The van der Waals surface area contributed by atoms with Gasteiger partial charge in [0.05, 0.1) is 0 Å². The second-order valence-corrected chi connectivity index (χ2v) is 6.25. The molecule has 1 fully saturated rings. The van der Waals surface area contributed by atoms with Gasteiger partial charge in [0, 0.05) is 13.1 Å². The molecule has 2 heteroatoms. The predicted octanol–water partition coefficient (Wildman–Crippen LogP) is 3.19. The topological polar surface area (TPSA) is 29.3 Å². The van der Waals surface area contributed by atoms with Crippen LogP contribution in [0.15, 0.2) is 24.3 Å². The van der Waals surface area contributed by atoms with Crippen molar-refractivity contribution in [2.45, 2.75) is 39.2 Å². The smallest absolute Gasteiger partial charge is 0.0233 e. The van der Waals surface area contributed by atoms with Gasteiger partial charge < -0.3 is 10.6 Å². The van der Waals surface area contributed by atoms with Crippen LogP contribution in [0, 0.1) is 18.8 Å². The average Bonchev–Trinajstić information content (AvgIpc) is 2.42. The molecule has 1 saturated carbocycles. The minimum absolute atomic E-state index is 0.790. The maximum absolute atomic E-state index is 5.76. The fourth-order valence-corrected chi connectivity index (χ4v) is 3.23. The highest BCUT2D eigenvalue weighted by Gasteiger charge is 2.21. The summed E-state index contributed by atoms with van der Waals surface area (Å²) < 4.78 is 0. The third-order valence-corrected chi connectivity index (χ3v) is 4.57. The van der Waals surface area contributed by atoms with Gasteiger partial charge in [-0.15, -0.1) is 0 Å². The number of benzene rings is 1. The van der Waals surface area contributed by atoms with Crippen molar-refractivity contribution in [1.82, 2.24) is 4.90 Å². The Morgan fingerprint density at radius 3 is 2.37 bits per heavy atom. The highest BCUT2D eigenvalue weighted by atomic mass is 15.1. The molecule has 2 nitrogen and oxygen atoms in total. The van der Waals surface area contributed by atoms with Crippen molar-refractivity contribution < 1.29 is 0 Å². The summed E-state index contributed by atoms with van der Waals surface area (Å²) in [6, 6.07) is 8.71.